The molecule has 0 bridgehead atoms. The molecule has 2 heterocycles. The maximum absolute atomic E-state index is 12.3. The van der Waals surface area contributed by atoms with E-state index >= 15 is 0 Å². The van der Waals surface area contributed by atoms with Crippen LogP contribution in [0.5, 0.6) is 0 Å². The summed E-state index contributed by atoms with van der Waals surface area (Å²) in [7, 11) is 0.303. The number of pyridine rings is 1. The number of esters is 1. The van der Waals surface area contributed by atoms with Crippen LogP contribution >= 0.6 is 0 Å². The zero-order chi connectivity index (χ0) is 17.9. The third kappa shape index (κ3) is 5.07. The Morgan fingerprint density at radius 3 is 2.54 bits per heavy atom. The third-order valence-electron chi connectivity index (χ3n) is 2.97. The van der Waals surface area contributed by atoms with Crippen molar-refractivity contribution in [3.8, 4) is 22.7 Å². The largest absolute Gasteiger partial charge is 0.459 e. The van der Waals surface area contributed by atoms with Crippen LogP contribution in [0, 0.1) is 11.5 Å². The molecule has 24 heavy (non-hydrogen) atoms. The van der Waals surface area contributed by atoms with Gasteiger partial charge in [0.05, 0.1) is 23.6 Å². The average Bonchev–Trinajstić information content (AvgIpc) is 2.90. The van der Waals surface area contributed by atoms with Gasteiger partial charge in [0, 0.05) is 18.8 Å². The highest BCUT2D eigenvalue weighted by atomic mass is 28.3. The minimum absolute atomic E-state index is 0.177. The monoisotopic (exact) mass is 341 g/mol. The molecular formula is C18H23N3O2Si. The minimum Gasteiger partial charge on any atom is -0.459 e. The topological polar surface area (TPSA) is 57.0 Å². The third-order valence-corrected chi connectivity index (χ3v) is 3.85. The van der Waals surface area contributed by atoms with Crippen LogP contribution in [0.2, 0.25) is 19.6 Å². The first-order chi connectivity index (χ1) is 11.1. The zero-order valence-electron chi connectivity index (χ0n) is 15.0. The van der Waals surface area contributed by atoms with Gasteiger partial charge in [-0.3, -0.25) is 4.68 Å². The number of ether oxygens (including phenoxy) is 1. The number of carbonyl (C=O) groups excluding carboxylic acids is 1. The molecule has 0 radical (unpaired) electrons. The van der Waals surface area contributed by atoms with E-state index in [0.717, 1.165) is 5.56 Å². The van der Waals surface area contributed by atoms with Crippen molar-refractivity contribution in [2.24, 2.45) is 7.05 Å². The van der Waals surface area contributed by atoms with Crippen molar-refractivity contribution in [2.45, 2.75) is 39.6 Å². The van der Waals surface area contributed by atoms with Gasteiger partial charge in [-0.1, -0.05) is 25.6 Å². The molecule has 0 aromatic carbocycles. The molecule has 0 amide bonds. The number of hydrogen-bond acceptors (Lipinski definition) is 4. The van der Waals surface area contributed by atoms with Crippen LogP contribution in [0.15, 0.2) is 24.5 Å². The maximum atomic E-state index is 12.3. The Morgan fingerprint density at radius 2 is 2.00 bits per heavy atom. The van der Waals surface area contributed by atoms with Crippen LogP contribution in [0.3, 0.4) is 0 Å². The molecule has 0 aliphatic rings. The van der Waals surface area contributed by atoms with E-state index in [2.05, 4.69) is 41.2 Å². The second-order valence-electron chi connectivity index (χ2n) is 6.98. The summed E-state index contributed by atoms with van der Waals surface area (Å²) in [5.41, 5.74) is 5.82. The van der Waals surface area contributed by atoms with E-state index in [4.69, 9.17) is 4.74 Å². The van der Waals surface area contributed by atoms with E-state index in [9.17, 15) is 4.79 Å². The van der Waals surface area contributed by atoms with Gasteiger partial charge in [0.1, 0.15) is 13.8 Å². The smallest absolute Gasteiger partial charge is 0.338 e. The molecule has 0 aliphatic heterocycles. The van der Waals surface area contributed by atoms with Gasteiger partial charge in [-0.25, -0.2) is 9.78 Å². The molecule has 0 spiro atoms. The fraction of sp³-hybridized carbons (Fsp3) is 0.389. The fourth-order valence-corrected chi connectivity index (χ4v) is 2.45. The summed E-state index contributed by atoms with van der Waals surface area (Å²) < 4.78 is 7.00. The molecule has 0 atom stereocenters. The van der Waals surface area contributed by atoms with Gasteiger partial charge in [-0.15, -0.1) is 5.54 Å². The van der Waals surface area contributed by atoms with E-state index in [1.165, 1.54) is 0 Å². The van der Waals surface area contributed by atoms with E-state index in [-0.39, 0.29) is 12.1 Å². The van der Waals surface area contributed by atoms with Crippen molar-refractivity contribution >= 4 is 14.0 Å². The van der Waals surface area contributed by atoms with E-state index < -0.39 is 8.07 Å². The van der Waals surface area contributed by atoms with Gasteiger partial charge in [-0.05, 0) is 26.0 Å². The van der Waals surface area contributed by atoms with Gasteiger partial charge >= 0.3 is 5.97 Å². The first kappa shape index (κ1) is 18.0. The number of hydrogen-bond donors (Lipinski definition) is 0. The Bertz CT molecular complexity index is 808. The molecule has 0 N–H and O–H groups in total. The Hall–Kier alpha value is -2.39. The molecule has 6 heteroatoms. The van der Waals surface area contributed by atoms with Crippen molar-refractivity contribution in [3.05, 3.63) is 35.8 Å². The summed E-state index contributed by atoms with van der Waals surface area (Å²) in [6, 6.07) is 3.42. The van der Waals surface area contributed by atoms with Gasteiger partial charge in [-0.2, -0.15) is 5.10 Å². The second kappa shape index (κ2) is 7.01. The Kier molecular flexibility index (Phi) is 5.25. The van der Waals surface area contributed by atoms with Crippen LogP contribution in [-0.2, 0) is 11.8 Å². The summed E-state index contributed by atoms with van der Waals surface area (Å²) in [5.74, 6) is 2.75. The lowest BCUT2D eigenvalue weighted by molar-refractivity contribution is 0.0378. The molecule has 0 saturated heterocycles. The van der Waals surface area contributed by atoms with Crippen LogP contribution in [-0.4, -0.2) is 34.9 Å². The standard InChI is InChI=1S/C18H23N3O2Si/c1-13(2)23-18(22)14-9-16(7-8-24(4,5)6)20-17(10-14)15-11-19-21(3)12-15/h9-13H,1-6H3. The van der Waals surface area contributed by atoms with E-state index in [1.807, 2.05) is 27.1 Å². The minimum atomic E-state index is -1.54. The van der Waals surface area contributed by atoms with E-state index in [1.54, 1.807) is 23.0 Å². The highest BCUT2D eigenvalue weighted by Gasteiger charge is 2.14. The van der Waals surface area contributed by atoms with Crippen LogP contribution in [0.25, 0.3) is 11.3 Å². The lowest BCUT2D eigenvalue weighted by atomic mass is 10.1. The van der Waals surface area contributed by atoms with Crippen molar-refractivity contribution in [1.29, 1.82) is 0 Å². The molecule has 0 fully saturated rings. The van der Waals surface area contributed by atoms with Crippen LogP contribution < -0.4 is 0 Å². The summed E-state index contributed by atoms with van der Waals surface area (Å²) in [6.45, 7) is 10.1. The first-order valence-corrected chi connectivity index (χ1v) is 11.4. The summed E-state index contributed by atoms with van der Waals surface area (Å²) >= 11 is 0. The highest BCUT2D eigenvalue weighted by molar-refractivity contribution is 6.83. The van der Waals surface area contributed by atoms with Crippen molar-refractivity contribution in [3.63, 3.8) is 0 Å². The Morgan fingerprint density at radius 1 is 1.29 bits per heavy atom. The van der Waals surface area contributed by atoms with Crippen molar-refractivity contribution in [2.75, 3.05) is 0 Å². The highest BCUT2D eigenvalue weighted by Crippen LogP contribution is 2.19. The molecule has 126 valence electrons. The normalized spacial score (nSPS) is 11.1. The molecule has 5 nitrogen and oxygen atoms in total. The lowest BCUT2D eigenvalue weighted by Crippen LogP contribution is -2.16. The first-order valence-electron chi connectivity index (χ1n) is 7.89. The molecule has 2 aromatic heterocycles. The van der Waals surface area contributed by atoms with Gasteiger partial charge in [0.2, 0.25) is 0 Å². The van der Waals surface area contributed by atoms with Crippen molar-refractivity contribution < 1.29 is 9.53 Å². The average molecular weight is 341 g/mol. The van der Waals surface area contributed by atoms with Gasteiger partial charge in [0.25, 0.3) is 0 Å². The molecule has 0 aliphatic carbocycles. The molecule has 2 rings (SSSR count). The Balaban J connectivity index is 2.50. The fourth-order valence-electron chi connectivity index (χ4n) is 1.95. The molecule has 0 saturated carbocycles. The Labute approximate surface area is 144 Å². The summed E-state index contributed by atoms with van der Waals surface area (Å²) in [4.78, 5) is 16.9. The second-order valence-corrected chi connectivity index (χ2v) is 11.7. The van der Waals surface area contributed by atoms with Gasteiger partial charge in [0.15, 0.2) is 0 Å². The van der Waals surface area contributed by atoms with Crippen molar-refractivity contribution in [1.82, 2.24) is 14.8 Å². The number of nitrogens with zero attached hydrogens (tertiary/aromatic N) is 3. The zero-order valence-corrected chi connectivity index (χ0v) is 16.0. The van der Waals surface area contributed by atoms with Crippen LogP contribution in [0.4, 0.5) is 0 Å². The molecule has 0 unspecified atom stereocenters. The van der Waals surface area contributed by atoms with E-state index in [0.29, 0.717) is 17.0 Å². The number of rotatable bonds is 3. The summed E-state index contributed by atoms with van der Waals surface area (Å²) in [6.07, 6.45) is 3.40. The predicted octanol–water partition coefficient (Wildman–Crippen LogP) is 3.28. The predicted molar refractivity (Wildman–Crippen MR) is 97.2 cm³/mol. The summed E-state index contributed by atoms with van der Waals surface area (Å²) in [5, 5.41) is 4.16. The maximum Gasteiger partial charge on any atom is 0.338 e. The molecular weight excluding hydrogens is 318 g/mol. The molecule has 2 aromatic rings. The SMILES string of the molecule is CC(C)OC(=O)c1cc(C#C[Si](C)(C)C)nc(-c2cnn(C)c2)c1. The number of carbonyl (C=O) groups is 1. The quantitative estimate of drug-likeness (QED) is 0.488. The van der Waals surface area contributed by atoms with Crippen LogP contribution in [0.1, 0.15) is 29.9 Å². The lowest BCUT2D eigenvalue weighted by Gasteiger charge is -2.09. The van der Waals surface area contributed by atoms with Gasteiger partial charge < -0.3 is 4.74 Å². The number of aryl methyl sites for hydroxylation is 1. The number of aromatic nitrogens is 3.